The van der Waals surface area contributed by atoms with Crippen molar-refractivity contribution in [3.8, 4) is 0 Å². The Labute approximate surface area is 113 Å². The predicted octanol–water partition coefficient (Wildman–Crippen LogP) is 3.26. The molecule has 0 aliphatic rings. The zero-order chi connectivity index (χ0) is 13.3. The second-order valence-corrected chi connectivity index (χ2v) is 4.95. The Kier molecular flexibility index (Phi) is 3.61. The number of aromatic nitrogens is 2. The number of nitrogens with zero attached hydrogens (tertiary/aromatic N) is 2. The molecule has 2 aromatic rings. The van der Waals surface area contributed by atoms with E-state index in [0.717, 1.165) is 22.0 Å². The van der Waals surface area contributed by atoms with Crippen LogP contribution in [-0.4, -0.2) is 16.1 Å². The van der Waals surface area contributed by atoms with Gasteiger partial charge >= 0.3 is 0 Å². The number of benzene rings is 1. The summed E-state index contributed by atoms with van der Waals surface area (Å²) >= 11 is 3.38. The van der Waals surface area contributed by atoms with Gasteiger partial charge in [-0.05, 0) is 37.6 Å². The van der Waals surface area contributed by atoms with Gasteiger partial charge in [-0.2, -0.15) is 5.10 Å². The van der Waals surface area contributed by atoms with Gasteiger partial charge in [-0.1, -0.05) is 15.9 Å². The van der Waals surface area contributed by atoms with Gasteiger partial charge in [-0.3, -0.25) is 9.48 Å². The molecule has 0 aliphatic carbocycles. The van der Waals surface area contributed by atoms with Gasteiger partial charge < -0.3 is 0 Å². The number of aryl methyl sites for hydroxylation is 1. The van der Waals surface area contributed by atoms with Gasteiger partial charge in [0.1, 0.15) is 5.82 Å². The van der Waals surface area contributed by atoms with Crippen molar-refractivity contribution in [2.24, 2.45) is 0 Å². The minimum absolute atomic E-state index is 0.287. The summed E-state index contributed by atoms with van der Waals surface area (Å²) in [6, 6.07) is 4.52. The van der Waals surface area contributed by atoms with Crippen LogP contribution in [-0.2, 0) is 6.54 Å². The van der Waals surface area contributed by atoms with E-state index in [1.54, 1.807) is 17.7 Å². The third-order valence-corrected chi connectivity index (χ3v) is 3.66. The molecule has 0 radical (unpaired) electrons. The molecule has 1 heterocycles. The van der Waals surface area contributed by atoms with Crippen LogP contribution in [0.5, 0.6) is 0 Å². The number of rotatable bonds is 3. The van der Waals surface area contributed by atoms with Gasteiger partial charge in [-0.25, -0.2) is 4.39 Å². The maximum Gasteiger partial charge on any atom is 0.153 e. The Morgan fingerprint density at radius 2 is 2.17 bits per heavy atom. The Morgan fingerprint density at radius 3 is 2.78 bits per heavy atom. The van der Waals surface area contributed by atoms with Crippen LogP contribution in [0.15, 0.2) is 22.7 Å². The number of carbonyl (C=O) groups excluding carboxylic acids is 1. The minimum Gasteiger partial charge on any atom is -0.298 e. The summed E-state index contributed by atoms with van der Waals surface area (Å²) in [5.41, 5.74) is 2.87. The molecule has 0 aliphatic heterocycles. The standard InChI is InChI=1S/C13H12BrFN2O/c1-8-12(7-18)9(2)17(16-8)6-10-5-11(15)3-4-13(10)14/h3-5,7H,6H2,1-2H3. The molecule has 1 aromatic carbocycles. The Hall–Kier alpha value is -1.49. The number of aldehydes is 1. The quantitative estimate of drug-likeness (QED) is 0.816. The first kappa shape index (κ1) is 13.0. The lowest BCUT2D eigenvalue weighted by Crippen LogP contribution is -2.05. The van der Waals surface area contributed by atoms with E-state index in [2.05, 4.69) is 21.0 Å². The van der Waals surface area contributed by atoms with E-state index in [9.17, 15) is 9.18 Å². The van der Waals surface area contributed by atoms with Crippen LogP contribution in [0, 0.1) is 19.7 Å². The number of hydrogen-bond acceptors (Lipinski definition) is 2. The van der Waals surface area contributed by atoms with E-state index >= 15 is 0 Å². The molecule has 0 fully saturated rings. The Bertz CT molecular complexity index is 607. The second-order valence-electron chi connectivity index (χ2n) is 4.10. The van der Waals surface area contributed by atoms with Gasteiger partial charge in [0.15, 0.2) is 6.29 Å². The first-order chi connectivity index (χ1) is 8.52. The number of hydrogen-bond donors (Lipinski definition) is 0. The average Bonchev–Trinajstić information content (AvgIpc) is 2.59. The van der Waals surface area contributed by atoms with Gasteiger partial charge in [0.05, 0.1) is 17.8 Å². The van der Waals surface area contributed by atoms with E-state index in [-0.39, 0.29) is 5.82 Å². The van der Waals surface area contributed by atoms with Crippen molar-refractivity contribution in [2.45, 2.75) is 20.4 Å². The maximum absolute atomic E-state index is 13.2. The van der Waals surface area contributed by atoms with Crippen molar-refractivity contribution in [3.63, 3.8) is 0 Å². The highest BCUT2D eigenvalue weighted by molar-refractivity contribution is 9.10. The molecule has 2 rings (SSSR count). The fourth-order valence-electron chi connectivity index (χ4n) is 1.86. The fourth-order valence-corrected chi connectivity index (χ4v) is 2.23. The summed E-state index contributed by atoms with van der Waals surface area (Å²) < 4.78 is 15.7. The molecule has 1 aromatic heterocycles. The van der Waals surface area contributed by atoms with Crippen LogP contribution in [0.1, 0.15) is 27.3 Å². The molecular weight excluding hydrogens is 299 g/mol. The summed E-state index contributed by atoms with van der Waals surface area (Å²) in [7, 11) is 0. The molecule has 0 spiro atoms. The van der Waals surface area contributed by atoms with E-state index < -0.39 is 0 Å². The van der Waals surface area contributed by atoms with Crippen LogP contribution in [0.2, 0.25) is 0 Å². The molecule has 0 atom stereocenters. The van der Waals surface area contributed by atoms with Crippen LogP contribution < -0.4 is 0 Å². The normalized spacial score (nSPS) is 10.7. The lowest BCUT2D eigenvalue weighted by molar-refractivity contribution is 0.112. The Balaban J connectivity index is 2.40. The first-order valence-corrected chi connectivity index (χ1v) is 6.25. The minimum atomic E-state index is -0.287. The van der Waals surface area contributed by atoms with Crippen molar-refractivity contribution >= 4 is 22.2 Å². The molecular formula is C13H12BrFN2O. The van der Waals surface area contributed by atoms with Gasteiger partial charge in [0.25, 0.3) is 0 Å². The largest absolute Gasteiger partial charge is 0.298 e. The monoisotopic (exact) mass is 310 g/mol. The van der Waals surface area contributed by atoms with Gasteiger partial charge in [0, 0.05) is 10.2 Å². The molecule has 0 amide bonds. The summed E-state index contributed by atoms with van der Waals surface area (Å²) in [4.78, 5) is 10.9. The zero-order valence-corrected chi connectivity index (χ0v) is 11.7. The van der Waals surface area contributed by atoms with Crippen LogP contribution in [0.3, 0.4) is 0 Å². The summed E-state index contributed by atoms with van der Waals surface area (Å²) in [5.74, 6) is -0.287. The van der Waals surface area contributed by atoms with Crippen molar-refractivity contribution < 1.29 is 9.18 Å². The number of carbonyl (C=O) groups is 1. The van der Waals surface area contributed by atoms with Crippen LogP contribution >= 0.6 is 15.9 Å². The van der Waals surface area contributed by atoms with Crippen molar-refractivity contribution in [3.05, 3.63) is 51.0 Å². The lowest BCUT2D eigenvalue weighted by Gasteiger charge is -2.07. The summed E-state index contributed by atoms with van der Waals surface area (Å²) in [6.45, 7) is 4.05. The van der Waals surface area contributed by atoms with E-state index in [1.165, 1.54) is 12.1 Å². The highest BCUT2D eigenvalue weighted by Gasteiger charge is 2.12. The maximum atomic E-state index is 13.2. The first-order valence-electron chi connectivity index (χ1n) is 5.46. The van der Waals surface area contributed by atoms with E-state index in [1.807, 2.05) is 6.92 Å². The zero-order valence-electron chi connectivity index (χ0n) is 10.1. The van der Waals surface area contributed by atoms with E-state index in [0.29, 0.717) is 17.8 Å². The predicted molar refractivity (Wildman–Crippen MR) is 70.3 cm³/mol. The van der Waals surface area contributed by atoms with Crippen LogP contribution in [0.25, 0.3) is 0 Å². The highest BCUT2D eigenvalue weighted by Crippen LogP contribution is 2.20. The van der Waals surface area contributed by atoms with Gasteiger partial charge in [0.2, 0.25) is 0 Å². The fraction of sp³-hybridized carbons (Fsp3) is 0.231. The molecule has 0 saturated carbocycles. The van der Waals surface area contributed by atoms with Gasteiger partial charge in [-0.15, -0.1) is 0 Å². The molecule has 3 nitrogen and oxygen atoms in total. The van der Waals surface area contributed by atoms with E-state index in [4.69, 9.17) is 0 Å². The lowest BCUT2D eigenvalue weighted by atomic mass is 10.2. The average molecular weight is 311 g/mol. The summed E-state index contributed by atoms with van der Waals surface area (Å²) in [6.07, 6.45) is 0.800. The topological polar surface area (TPSA) is 34.9 Å². The Morgan fingerprint density at radius 1 is 1.44 bits per heavy atom. The molecule has 0 N–H and O–H groups in total. The molecule has 18 heavy (non-hydrogen) atoms. The molecule has 0 unspecified atom stereocenters. The summed E-state index contributed by atoms with van der Waals surface area (Å²) in [5, 5.41) is 4.29. The smallest absolute Gasteiger partial charge is 0.153 e. The van der Waals surface area contributed by atoms with Crippen molar-refractivity contribution in [2.75, 3.05) is 0 Å². The molecule has 5 heteroatoms. The van der Waals surface area contributed by atoms with Crippen LogP contribution in [0.4, 0.5) is 4.39 Å². The number of halogens is 2. The molecule has 0 saturated heterocycles. The molecule has 0 bridgehead atoms. The van der Waals surface area contributed by atoms with Crippen molar-refractivity contribution in [1.82, 2.24) is 9.78 Å². The highest BCUT2D eigenvalue weighted by atomic mass is 79.9. The SMILES string of the molecule is Cc1nn(Cc2cc(F)ccc2Br)c(C)c1C=O. The molecule has 94 valence electrons. The second kappa shape index (κ2) is 5.02. The third-order valence-electron chi connectivity index (χ3n) is 2.88. The van der Waals surface area contributed by atoms with Crippen molar-refractivity contribution in [1.29, 1.82) is 0 Å². The third kappa shape index (κ3) is 2.36.